The van der Waals surface area contributed by atoms with Crippen LogP contribution in [0.2, 0.25) is 0 Å². The Balaban J connectivity index is 1.25. The van der Waals surface area contributed by atoms with Crippen LogP contribution in [-0.2, 0) is 11.3 Å². The summed E-state index contributed by atoms with van der Waals surface area (Å²) in [6.45, 7) is 5.70. The molecule has 0 unspecified atom stereocenters. The van der Waals surface area contributed by atoms with Gasteiger partial charge in [-0.15, -0.1) is 0 Å². The SMILES string of the molecule is O=C(CN1CCC[C@H](Cn2ccnc2)C1)Nc1ccc(N2CCCCCC2)cc1. The van der Waals surface area contributed by atoms with Crippen molar-refractivity contribution in [3.8, 4) is 0 Å². The van der Waals surface area contributed by atoms with E-state index in [9.17, 15) is 4.79 Å². The van der Waals surface area contributed by atoms with Crippen molar-refractivity contribution >= 4 is 17.3 Å². The molecular formula is C23H33N5O. The molecule has 2 fully saturated rings. The summed E-state index contributed by atoms with van der Waals surface area (Å²) in [5.74, 6) is 0.662. The van der Waals surface area contributed by atoms with Gasteiger partial charge in [-0.25, -0.2) is 4.98 Å². The minimum absolute atomic E-state index is 0.0794. The van der Waals surface area contributed by atoms with Crippen molar-refractivity contribution in [2.45, 2.75) is 45.1 Å². The maximum absolute atomic E-state index is 12.6. The first-order valence-electron chi connectivity index (χ1n) is 11.1. The number of piperidine rings is 1. The van der Waals surface area contributed by atoms with E-state index in [1.165, 1.54) is 37.8 Å². The number of carbonyl (C=O) groups is 1. The zero-order chi connectivity index (χ0) is 19.9. The standard InChI is InChI=1S/C23H33N5O/c29-23(18-26-12-5-6-20(16-26)17-27-15-11-24-19-27)25-21-7-9-22(10-8-21)28-13-3-1-2-4-14-28/h7-11,15,19-20H,1-6,12-14,16-18H2,(H,25,29)/t20-/m0/s1. The summed E-state index contributed by atoms with van der Waals surface area (Å²) >= 11 is 0. The largest absolute Gasteiger partial charge is 0.372 e. The van der Waals surface area contributed by atoms with Gasteiger partial charge in [-0.2, -0.15) is 0 Å². The van der Waals surface area contributed by atoms with E-state index < -0.39 is 0 Å². The number of anilines is 2. The number of rotatable bonds is 6. The smallest absolute Gasteiger partial charge is 0.238 e. The fourth-order valence-corrected chi connectivity index (χ4v) is 4.62. The minimum atomic E-state index is 0.0794. The summed E-state index contributed by atoms with van der Waals surface area (Å²) in [5, 5.41) is 3.08. The number of hydrogen-bond acceptors (Lipinski definition) is 4. The molecule has 3 heterocycles. The van der Waals surface area contributed by atoms with Crippen molar-refractivity contribution in [2.24, 2.45) is 5.92 Å². The molecule has 2 saturated heterocycles. The molecule has 6 heteroatoms. The third-order valence-corrected chi connectivity index (χ3v) is 6.12. The van der Waals surface area contributed by atoms with Crippen molar-refractivity contribution in [2.75, 3.05) is 42.9 Å². The van der Waals surface area contributed by atoms with Crippen molar-refractivity contribution in [3.05, 3.63) is 43.0 Å². The molecule has 0 saturated carbocycles. The maximum Gasteiger partial charge on any atom is 0.238 e. The second kappa shape index (κ2) is 9.92. The van der Waals surface area contributed by atoms with Gasteiger partial charge in [0.25, 0.3) is 0 Å². The van der Waals surface area contributed by atoms with Gasteiger partial charge in [0.15, 0.2) is 0 Å². The Labute approximate surface area is 173 Å². The fourth-order valence-electron chi connectivity index (χ4n) is 4.62. The Morgan fingerprint density at radius 2 is 1.83 bits per heavy atom. The van der Waals surface area contributed by atoms with Gasteiger partial charge in [-0.05, 0) is 62.4 Å². The average molecular weight is 396 g/mol. The van der Waals surface area contributed by atoms with E-state index >= 15 is 0 Å². The molecule has 1 amide bonds. The molecule has 1 atom stereocenters. The molecule has 2 aromatic rings. The molecule has 6 nitrogen and oxygen atoms in total. The van der Waals surface area contributed by atoms with E-state index in [0.29, 0.717) is 12.5 Å². The first-order valence-corrected chi connectivity index (χ1v) is 11.1. The fraction of sp³-hybridized carbons (Fsp3) is 0.565. The van der Waals surface area contributed by atoms with Gasteiger partial charge in [0.2, 0.25) is 5.91 Å². The summed E-state index contributed by atoms with van der Waals surface area (Å²) in [7, 11) is 0. The van der Waals surface area contributed by atoms with Gasteiger partial charge >= 0.3 is 0 Å². The predicted molar refractivity (Wildman–Crippen MR) is 117 cm³/mol. The molecule has 1 N–H and O–H groups in total. The third kappa shape index (κ3) is 5.82. The molecule has 0 bridgehead atoms. The normalized spacial score (nSPS) is 21.0. The first kappa shape index (κ1) is 20.0. The number of benzene rings is 1. The average Bonchev–Trinajstić information content (AvgIpc) is 3.08. The second-order valence-corrected chi connectivity index (χ2v) is 8.50. The lowest BCUT2D eigenvalue weighted by Crippen LogP contribution is -2.41. The Morgan fingerprint density at radius 1 is 1.03 bits per heavy atom. The molecule has 0 radical (unpaired) electrons. The highest BCUT2D eigenvalue weighted by Gasteiger charge is 2.22. The van der Waals surface area contributed by atoms with Crippen LogP contribution in [-0.4, -0.2) is 53.1 Å². The summed E-state index contributed by atoms with van der Waals surface area (Å²) in [6.07, 6.45) is 13.3. The number of imidazole rings is 1. The Bertz CT molecular complexity index is 750. The molecule has 2 aliphatic heterocycles. The molecular weight excluding hydrogens is 362 g/mol. The topological polar surface area (TPSA) is 53.4 Å². The highest BCUT2D eigenvalue weighted by molar-refractivity contribution is 5.92. The van der Waals surface area contributed by atoms with Gasteiger partial charge < -0.3 is 14.8 Å². The second-order valence-electron chi connectivity index (χ2n) is 8.50. The highest BCUT2D eigenvalue weighted by Crippen LogP contribution is 2.22. The maximum atomic E-state index is 12.6. The zero-order valence-electron chi connectivity index (χ0n) is 17.3. The van der Waals surface area contributed by atoms with Crippen molar-refractivity contribution in [1.29, 1.82) is 0 Å². The number of aromatic nitrogens is 2. The van der Waals surface area contributed by atoms with Crippen LogP contribution in [0.5, 0.6) is 0 Å². The van der Waals surface area contributed by atoms with Crippen LogP contribution in [0, 0.1) is 5.92 Å². The molecule has 2 aliphatic rings. The quantitative estimate of drug-likeness (QED) is 0.812. The molecule has 0 spiro atoms. The van der Waals surface area contributed by atoms with E-state index in [-0.39, 0.29) is 5.91 Å². The van der Waals surface area contributed by atoms with Crippen LogP contribution < -0.4 is 10.2 Å². The van der Waals surface area contributed by atoms with Crippen LogP contribution >= 0.6 is 0 Å². The molecule has 0 aliphatic carbocycles. The van der Waals surface area contributed by atoms with Crippen LogP contribution in [0.1, 0.15) is 38.5 Å². The molecule has 1 aromatic heterocycles. The molecule has 1 aromatic carbocycles. The Kier molecular flexibility index (Phi) is 6.83. The van der Waals surface area contributed by atoms with Crippen LogP contribution in [0.25, 0.3) is 0 Å². The van der Waals surface area contributed by atoms with Gasteiger partial charge in [0.05, 0.1) is 12.9 Å². The van der Waals surface area contributed by atoms with Crippen LogP contribution in [0.3, 0.4) is 0 Å². The molecule has 156 valence electrons. The van der Waals surface area contributed by atoms with E-state index in [0.717, 1.165) is 44.8 Å². The molecule has 4 rings (SSSR count). The van der Waals surface area contributed by atoms with Gasteiger partial charge in [0.1, 0.15) is 0 Å². The number of nitrogens with zero attached hydrogens (tertiary/aromatic N) is 4. The third-order valence-electron chi connectivity index (χ3n) is 6.12. The van der Waals surface area contributed by atoms with E-state index in [1.807, 2.05) is 30.9 Å². The van der Waals surface area contributed by atoms with E-state index in [1.54, 1.807) is 0 Å². The lowest BCUT2D eigenvalue weighted by Gasteiger charge is -2.32. The van der Waals surface area contributed by atoms with Crippen LogP contribution in [0.15, 0.2) is 43.0 Å². The highest BCUT2D eigenvalue weighted by atomic mass is 16.2. The van der Waals surface area contributed by atoms with Gasteiger partial charge in [-0.1, -0.05) is 12.8 Å². The summed E-state index contributed by atoms with van der Waals surface area (Å²) < 4.78 is 2.14. The van der Waals surface area contributed by atoms with Crippen molar-refractivity contribution in [3.63, 3.8) is 0 Å². The van der Waals surface area contributed by atoms with E-state index in [4.69, 9.17) is 0 Å². The monoisotopic (exact) mass is 395 g/mol. The number of hydrogen-bond donors (Lipinski definition) is 1. The summed E-state index contributed by atoms with van der Waals surface area (Å²) in [4.78, 5) is 21.4. The number of nitrogens with one attached hydrogen (secondary N) is 1. The van der Waals surface area contributed by atoms with E-state index in [2.05, 4.69) is 36.8 Å². The number of carbonyl (C=O) groups excluding carboxylic acids is 1. The van der Waals surface area contributed by atoms with Gasteiger partial charge in [0, 0.05) is 49.9 Å². The van der Waals surface area contributed by atoms with Gasteiger partial charge in [-0.3, -0.25) is 9.69 Å². The van der Waals surface area contributed by atoms with Crippen LogP contribution in [0.4, 0.5) is 11.4 Å². The van der Waals surface area contributed by atoms with Crippen molar-refractivity contribution in [1.82, 2.24) is 14.5 Å². The summed E-state index contributed by atoms with van der Waals surface area (Å²) in [6, 6.07) is 8.36. The first-order chi connectivity index (χ1) is 14.3. The molecule has 29 heavy (non-hydrogen) atoms. The van der Waals surface area contributed by atoms with Crippen molar-refractivity contribution < 1.29 is 4.79 Å². The Morgan fingerprint density at radius 3 is 2.55 bits per heavy atom. The lowest BCUT2D eigenvalue weighted by molar-refractivity contribution is -0.117. The number of likely N-dealkylation sites (tertiary alicyclic amines) is 1. The minimum Gasteiger partial charge on any atom is -0.372 e. The summed E-state index contributed by atoms with van der Waals surface area (Å²) in [5.41, 5.74) is 2.16. The lowest BCUT2D eigenvalue weighted by atomic mass is 9.98. The Hall–Kier alpha value is -2.34. The zero-order valence-corrected chi connectivity index (χ0v) is 17.3. The predicted octanol–water partition coefficient (Wildman–Crippen LogP) is 3.61. The number of amides is 1.